The Morgan fingerprint density at radius 2 is 1.67 bits per heavy atom. The standard InChI is InChI=1S/C33H37N3O6/c1-40-31(37)15-14-29(32(38)34-20-24-6-3-2-4-7-24)36-22-28-27(33(36)39)8-5-9-30(28)42-23-26-12-10-25(11-13-26)21-35-16-18-41-19-17-35/h2-13,29H,14-23H2,1H3,(H,34,38)/t29-/m0/s1. The summed E-state index contributed by atoms with van der Waals surface area (Å²) in [5.74, 6) is -0.395. The van der Waals surface area contributed by atoms with Gasteiger partial charge in [-0.05, 0) is 35.2 Å². The van der Waals surface area contributed by atoms with Crippen LogP contribution >= 0.6 is 0 Å². The van der Waals surface area contributed by atoms with Gasteiger partial charge in [-0.15, -0.1) is 0 Å². The Morgan fingerprint density at radius 1 is 0.929 bits per heavy atom. The van der Waals surface area contributed by atoms with Crippen molar-refractivity contribution >= 4 is 17.8 Å². The number of morpholine rings is 1. The highest BCUT2D eigenvalue weighted by Crippen LogP contribution is 2.33. The summed E-state index contributed by atoms with van der Waals surface area (Å²) in [6.45, 7) is 5.22. The average molecular weight is 572 g/mol. The maximum Gasteiger partial charge on any atom is 0.305 e. The van der Waals surface area contributed by atoms with Gasteiger partial charge in [-0.25, -0.2) is 0 Å². The van der Waals surface area contributed by atoms with Gasteiger partial charge >= 0.3 is 5.97 Å². The first-order valence-electron chi connectivity index (χ1n) is 14.3. The van der Waals surface area contributed by atoms with Crippen LogP contribution in [0.3, 0.4) is 0 Å². The lowest BCUT2D eigenvalue weighted by molar-refractivity contribution is -0.141. The number of nitrogens with one attached hydrogen (secondary N) is 1. The summed E-state index contributed by atoms with van der Waals surface area (Å²) in [5, 5.41) is 2.93. The summed E-state index contributed by atoms with van der Waals surface area (Å²) in [7, 11) is 1.31. The minimum absolute atomic E-state index is 0.0188. The predicted octanol–water partition coefficient (Wildman–Crippen LogP) is 3.69. The molecule has 0 bridgehead atoms. The first-order valence-corrected chi connectivity index (χ1v) is 14.3. The minimum Gasteiger partial charge on any atom is -0.489 e. The fraction of sp³-hybridized carbons (Fsp3) is 0.364. The summed E-state index contributed by atoms with van der Waals surface area (Å²) < 4.78 is 16.4. The van der Waals surface area contributed by atoms with E-state index in [1.165, 1.54) is 17.6 Å². The van der Waals surface area contributed by atoms with Crippen molar-refractivity contribution in [2.24, 2.45) is 0 Å². The Bertz CT molecular complexity index is 1370. The number of ether oxygens (including phenoxy) is 3. The van der Waals surface area contributed by atoms with Crippen LogP contribution in [0.4, 0.5) is 0 Å². The number of carbonyl (C=O) groups excluding carboxylic acids is 3. The molecule has 3 aromatic carbocycles. The Morgan fingerprint density at radius 3 is 2.40 bits per heavy atom. The molecule has 0 aromatic heterocycles. The number of benzene rings is 3. The number of carbonyl (C=O) groups is 3. The molecule has 0 saturated carbocycles. The van der Waals surface area contributed by atoms with Crippen molar-refractivity contribution in [3.05, 3.63) is 101 Å². The molecule has 0 unspecified atom stereocenters. The minimum atomic E-state index is -0.834. The van der Waals surface area contributed by atoms with Crippen molar-refractivity contribution in [3.8, 4) is 5.75 Å². The fourth-order valence-corrected chi connectivity index (χ4v) is 5.32. The molecule has 42 heavy (non-hydrogen) atoms. The van der Waals surface area contributed by atoms with E-state index in [4.69, 9.17) is 14.2 Å². The fourth-order valence-electron chi connectivity index (χ4n) is 5.32. The molecule has 1 N–H and O–H groups in total. The second kappa shape index (κ2) is 14.1. The number of fused-ring (bicyclic) bond motifs is 1. The van der Waals surface area contributed by atoms with Crippen LogP contribution in [-0.4, -0.2) is 67.0 Å². The van der Waals surface area contributed by atoms with Gasteiger partial charge in [-0.2, -0.15) is 0 Å². The number of hydrogen-bond donors (Lipinski definition) is 1. The number of rotatable bonds is 12. The monoisotopic (exact) mass is 571 g/mol. The number of amides is 2. The van der Waals surface area contributed by atoms with Crippen molar-refractivity contribution in [2.75, 3.05) is 33.4 Å². The summed E-state index contributed by atoms with van der Waals surface area (Å²) >= 11 is 0. The number of hydrogen-bond acceptors (Lipinski definition) is 7. The SMILES string of the molecule is COC(=O)CC[C@@H](C(=O)NCc1ccccc1)N1Cc2c(OCc3ccc(CN4CCOCC4)cc3)cccc2C1=O. The van der Waals surface area contributed by atoms with Gasteiger partial charge in [-0.1, -0.05) is 60.7 Å². The van der Waals surface area contributed by atoms with Gasteiger partial charge in [0.05, 0.1) is 26.9 Å². The maximum atomic E-state index is 13.5. The molecule has 2 heterocycles. The third kappa shape index (κ3) is 7.35. The molecule has 0 radical (unpaired) electrons. The first-order chi connectivity index (χ1) is 20.5. The van der Waals surface area contributed by atoms with Gasteiger partial charge in [0.15, 0.2) is 0 Å². The highest BCUT2D eigenvalue weighted by Gasteiger charge is 2.38. The quantitative estimate of drug-likeness (QED) is 0.331. The second-order valence-corrected chi connectivity index (χ2v) is 10.5. The lowest BCUT2D eigenvalue weighted by atomic mass is 10.1. The molecule has 1 saturated heterocycles. The Kier molecular flexibility index (Phi) is 9.84. The average Bonchev–Trinajstić information content (AvgIpc) is 3.37. The van der Waals surface area contributed by atoms with Crippen LogP contribution in [0.25, 0.3) is 0 Å². The lowest BCUT2D eigenvalue weighted by Crippen LogP contribution is -2.47. The van der Waals surface area contributed by atoms with Gasteiger partial charge in [0.25, 0.3) is 5.91 Å². The van der Waals surface area contributed by atoms with Crippen LogP contribution in [0.2, 0.25) is 0 Å². The van der Waals surface area contributed by atoms with Gasteiger partial charge in [0, 0.05) is 43.7 Å². The van der Waals surface area contributed by atoms with E-state index < -0.39 is 12.0 Å². The van der Waals surface area contributed by atoms with E-state index in [9.17, 15) is 14.4 Å². The molecule has 220 valence electrons. The molecule has 3 aromatic rings. The molecule has 1 fully saturated rings. The summed E-state index contributed by atoms with van der Waals surface area (Å²) in [6, 6.07) is 22.5. The largest absolute Gasteiger partial charge is 0.489 e. The van der Waals surface area contributed by atoms with Gasteiger partial charge in [-0.3, -0.25) is 19.3 Å². The van der Waals surface area contributed by atoms with Gasteiger partial charge in [0.2, 0.25) is 5.91 Å². The van der Waals surface area contributed by atoms with E-state index in [0.717, 1.165) is 49.5 Å². The summed E-state index contributed by atoms with van der Waals surface area (Å²) in [5.41, 5.74) is 4.46. The molecule has 2 amide bonds. The highest BCUT2D eigenvalue weighted by atomic mass is 16.5. The van der Waals surface area contributed by atoms with Crippen LogP contribution in [0, 0.1) is 0 Å². The maximum absolute atomic E-state index is 13.5. The summed E-state index contributed by atoms with van der Waals surface area (Å²) in [4.78, 5) is 42.7. The number of nitrogens with zero attached hydrogens (tertiary/aromatic N) is 2. The van der Waals surface area contributed by atoms with E-state index in [0.29, 0.717) is 24.5 Å². The van der Waals surface area contributed by atoms with E-state index in [1.54, 1.807) is 12.1 Å². The lowest BCUT2D eigenvalue weighted by Gasteiger charge is -2.27. The molecule has 0 aliphatic carbocycles. The highest BCUT2D eigenvalue weighted by molar-refractivity contribution is 6.01. The van der Waals surface area contributed by atoms with E-state index in [2.05, 4.69) is 34.5 Å². The molecule has 5 rings (SSSR count). The van der Waals surface area contributed by atoms with Crippen molar-refractivity contribution in [1.29, 1.82) is 0 Å². The zero-order valence-electron chi connectivity index (χ0n) is 23.9. The molecular formula is C33H37N3O6. The van der Waals surface area contributed by atoms with Gasteiger partial charge in [0.1, 0.15) is 18.4 Å². The van der Waals surface area contributed by atoms with Crippen LogP contribution in [0.1, 0.15) is 45.5 Å². The van der Waals surface area contributed by atoms with Crippen LogP contribution < -0.4 is 10.1 Å². The molecule has 0 spiro atoms. The molecule has 1 atom stereocenters. The number of methoxy groups -OCH3 is 1. The third-order valence-electron chi connectivity index (χ3n) is 7.72. The summed E-state index contributed by atoms with van der Waals surface area (Å²) in [6.07, 6.45) is 0.172. The third-order valence-corrected chi connectivity index (χ3v) is 7.72. The van der Waals surface area contributed by atoms with E-state index >= 15 is 0 Å². The zero-order chi connectivity index (χ0) is 29.3. The first kappa shape index (κ1) is 29.3. The smallest absolute Gasteiger partial charge is 0.305 e. The molecule has 9 heteroatoms. The van der Waals surface area contributed by atoms with Gasteiger partial charge < -0.3 is 24.4 Å². The van der Waals surface area contributed by atoms with Crippen LogP contribution in [-0.2, 0) is 45.3 Å². The second-order valence-electron chi connectivity index (χ2n) is 10.5. The van der Waals surface area contributed by atoms with Crippen molar-refractivity contribution in [1.82, 2.24) is 15.1 Å². The molecule has 9 nitrogen and oxygen atoms in total. The van der Waals surface area contributed by atoms with Crippen molar-refractivity contribution < 1.29 is 28.6 Å². The molecular weight excluding hydrogens is 534 g/mol. The Labute approximate surface area is 246 Å². The Balaban J connectivity index is 1.25. The zero-order valence-corrected chi connectivity index (χ0v) is 23.9. The Hall–Kier alpha value is -4.21. The normalized spacial score (nSPS) is 15.6. The van der Waals surface area contributed by atoms with Crippen LogP contribution in [0.5, 0.6) is 5.75 Å². The van der Waals surface area contributed by atoms with Crippen molar-refractivity contribution in [3.63, 3.8) is 0 Å². The predicted molar refractivity (Wildman–Crippen MR) is 157 cm³/mol. The molecule has 2 aliphatic rings. The van der Waals surface area contributed by atoms with E-state index in [1.807, 2.05) is 36.4 Å². The molecule has 2 aliphatic heterocycles. The van der Waals surface area contributed by atoms with Crippen molar-refractivity contribution in [2.45, 2.75) is 45.1 Å². The number of esters is 1. The van der Waals surface area contributed by atoms with E-state index in [-0.39, 0.29) is 31.2 Å². The van der Waals surface area contributed by atoms with Crippen LogP contribution in [0.15, 0.2) is 72.8 Å². The topological polar surface area (TPSA) is 97.4 Å².